The van der Waals surface area contributed by atoms with Gasteiger partial charge in [-0.1, -0.05) is 30.3 Å². The molecular weight excluding hydrogens is 270 g/mol. The summed E-state index contributed by atoms with van der Waals surface area (Å²) < 4.78 is 24.9. The van der Waals surface area contributed by atoms with E-state index < -0.39 is 11.2 Å². The van der Waals surface area contributed by atoms with Gasteiger partial charge in [0.25, 0.3) is 5.76 Å². The van der Waals surface area contributed by atoms with Crippen LogP contribution in [-0.2, 0) is 4.79 Å². The van der Waals surface area contributed by atoms with Crippen LogP contribution < -0.4 is 11.1 Å². The van der Waals surface area contributed by atoms with Gasteiger partial charge in [-0.3, -0.25) is 4.79 Å². The lowest BCUT2D eigenvalue weighted by atomic mass is 9.68. The fourth-order valence-corrected chi connectivity index (χ4v) is 2.75. The molecule has 0 saturated heterocycles. The first-order chi connectivity index (χ1) is 9.07. The SMILES string of the molecule is NCC1(C(=O)Nc2ccccc2SC(F)F)CCC1. The van der Waals surface area contributed by atoms with Gasteiger partial charge in [0.1, 0.15) is 0 Å². The number of anilines is 1. The van der Waals surface area contributed by atoms with E-state index in [1.54, 1.807) is 24.3 Å². The lowest BCUT2D eigenvalue weighted by molar-refractivity contribution is -0.129. The second-order valence-electron chi connectivity index (χ2n) is 4.67. The Morgan fingerprint density at radius 3 is 2.63 bits per heavy atom. The maximum absolute atomic E-state index is 12.4. The highest BCUT2D eigenvalue weighted by Gasteiger charge is 2.42. The van der Waals surface area contributed by atoms with Crippen LogP contribution in [0.2, 0.25) is 0 Å². The first-order valence-electron chi connectivity index (χ1n) is 6.13. The summed E-state index contributed by atoms with van der Waals surface area (Å²) in [6.45, 7) is 0.295. The molecule has 0 heterocycles. The van der Waals surface area contributed by atoms with E-state index in [0.29, 0.717) is 28.9 Å². The minimum atomic E-state index is -2.51. The minimum absolute atomic E-state index is 0.163. The summed E-state index contributed by atoms with van der Waals surface area (Å²) in [6, 6.07) is 6.58. The van der Waals surface area contributed by atoms with Gasteiger partial charge in [0, 0.05) is 11.4 Å². The van der Waals surface area contributed by atoms with Gasteiger partial charge in [-0.2, -0.15) is 8.78 Å². The van der Waals surface area contributed by atoms with Crippen LogP contribution >= 0.6 is 11.8 Å². The van der Waals surface area contributed by atoms with E-state index in [1.165, 1.54) is 0 Å². The molecule has 1 aromatic rings. The molecule has 1 amide bonds. The van der Waals surface area contributed by atoms with Crippen molar-refractivity contribution in [3.63, 3.8) is 0 Å². The Balaban J connectivity index is 2.12. The van der Waals surface area contributed by atoms with Gasteiger partial charge in [-0.15, -0.1) is 0 Å². The van der Waals surface area contributed by atoms with Crippen molar-refractivity contribution in [2.45, 2.75) is 29.9 Å². The summed E-state index contributed by atoms with van der Waals surface area (Å²) in [5.41, 5.74) is 5.57. The summed E-state index contributed by atoms with van der Waals surface area (Å²) in [7, 11) is 0. The molecule has 3 N–H and O–H groups in total. The molecule has 104 valence electrons. The quantitative estimate of drug-likeness (QED) is 0.818. The van der Waals surface area contributed by atoms with Crippen molar-refractivity contribution in [1.82, 2.24) is 0 Å². The molecule has 1 aromatic carbocycles. The minimum Gasteiger partial charge on any atom is -0.329 e. The predicted molar refractivity (Wildman–Crippen MR) is 72.3 cm³/mol. The van der Waals surface area contributed by atoms with Crippen molar-refractivity contribution >= 4 is 23.4 Å². The zero-order valence-electron chi connectivity index (χ0n) is 10.4. The number of carbonyl (C=O) groups excluding carboxylic acids is 1. The highest BCUT2D eigenvalue weighted by Crippen LogP contribution is 2.41. The van der Waals surface area contributed by atoms with Crippen LogP contribution in [0.3, 0.4) is 0 Å². The Morgan fingerprint density at radius 1 is 1.42 bits per heavy atom. The maximum Gasteiger partial charge on any atom is 0.288 e. The summed E-state index contributed by atoms with van der Waals surface area (Å²) >= 11 is 0.432. The van der Waals surface area contributed by atoms with E-state index >= 15 is 0 Å². The molecule has 0 unspecified atom stereocenters. The molecule has 6 heteroatoms. The fraction of sp³-hybridized carbons (Fsp3) is 0.462. The molecular formula is C13H16F2N2OS. The molecule has 1 fully saturated rings. The number of carbonyl (C=O) groups is 1. The first-order valence-corrected chi connectivity index (χ1v) is 7.01. The third-order valence-corrected chi connectivity index (χ3v) is 4.32. The van der Waals surface area contributed by atoms with Crippen LogP contribution in [0, 0.1) is 5.41 Å². The van der Waals surface area contributed by atoms with E-state index in [9.17, 15) is 13.6 Å². The number of para-hydroxylation sites is 1. The molecule has 0 atom stereocenters. The van der Waals surface area contributed by atoms with E-state index in [1.807, 2.05) is 0 Å². The number of hydrogen-bond acceptors (Lipinski definition) is 3. The van der Waals surface area contributed by atoms with Gasteiger partial charge >= 0.3 is 0 Å². The van der Waals surface area contributed by atoms with Gasteiger partial charge in [0.15, 0.2) is 0 Å². The van der Waals surface area contributed by atoms with Crippen molar-refractivity contribution < 1.29 is 13.6 Å². The number of nitrogens with one attached hydrogen (secondary N) is 1. The molecule has 1 saturated carbocycles. The second-order valence-corrected chi connectivity index (χ2v) is 5.70. The van der Waals surface area contributed by atoms with E-state index in [4.69, 9.17) is 5.73 Å². The largest absolute Gasteiger partial charge is 0.329 e. The summed E-state index contributed by atoms with van der Waals surface area (Å²) in [5.74, 6) is -2.67. The molecule has 2 rings (SSSR count). The molecule has 0 aliphatic heterocycles. The number of benzene rings is 1. The van der Waals surface area contributed by atoms with Gasteiger partial charge in [0.05, 0.1) is 11.1 Å². The Bertz CT molecular complexity index is 458. The van der Waals surface area contributed by atoms with E-state index in [0.717, 1.165) is 19.3 Å². The average Bonchev–Trinajstić information content (AvgIpc) is 2.30. The predicted octanol–water partition coefficient (Wildman–Crippen LogP) is 3.07. The smallest absolute Gasteiger partial charge is 0.288 e. The van der Waals surface area contributed by atoms with Crippen LogP contribution in [0.1, 0.15) is 19.3 Å². The number of rotatable bonds is 5. The number of thioether (sulfide) groups is 1. The van der Waals surface area contributed by atoms with Gasteiger partial charge in [-0.05, 0) is 25.0 Å². The van der Waals surface area contributed by atoms with Crippen LogP contribution in [-0.4, -0.2) is 18.2 Å². The molecule has 3 nitrogen and oxygen atoms in total. The van der Waals surface area contributed by atoms with Gasteiger partial charge in [-0.25, -0.2) is 0 Å². The zero-order valence-corrected chi connectivity index (χ0v) is 11.2. The van der Waals surface area contributed by atoms with Crippen molar-refractivity contribution in [3.8, 4) is 0 Å². The van der Waals surface area contributed by atoms with E-state index in [-0.39, 0.29) is 5.91 Å². The zero-order chi connectivity index (χ0) is 13.9. The lowest BCUT2D eigenvalue weighted by Crippen LogP contribution is -2.47. The molecule has 1 aliphatic rings. The molecule has 0 spiro atoms. The number of nitrogens with two attached hydrogens (primary N) is 1. The Kier molecular flexibility index (Phi) is 4.42. The Hall–Kier alpha value is -1.14. The van der Waals surface area contributed by atoms with Crippen molar-refractivity contribution in [2.75, 3.05) is 11.9 Å². The molecule has 0 aromatic heterocycles. The van der Waals surface area contributed by atoms with Gasteiger partial charge in [0.2, 0.25) is 5.91 Å². The standard InChI is InChI=1S/C13H16F2N2OS/c14-12(15)19-10-5-2-1-4-9(10)17-11(18)13(8-16)6-3-7-13/h1-2,4-5,12H,3,6-8,16H2,(H,17,18). The lowest BCUT2D eigenvalue weighted by Gasteiger charge is -2.39. The highest BCUT2D eigenvalue weighted by molar-refractivity contribution is 7.99. The summed E-state index contributed by atoms with van der Waals surface area (Å²) in [5, 5.41) is 2.74. The van der Waals surface area contributed by atoms with Crippen LogP contribution in [0.5, 0.6) is 0 Å². The highest BCUT2D eigenvalue weighted by atomic mass is 32.2. The number of hydrogen-bond donors (Lipinski definition) is 2. The third kappa shape index (κ3) is 3.06. The normalized spacial score (nSPS) is 17.1. The number of halogens is 2. The molecule has 19 heavy (non-hydrogen) atoms. The van der Waals surface area contributed by atoms with Crippen LogP contribution in [0.25, 0.3) is 0 Å². The van der Waals surface area contributed by atoms with E-state index in [2.05, 4.69) is 5.32 Å². The van der Waals surface area contributed by atoms with Gasteiger partial charge < -0.3 is 11.1 Å². The van der Waals surface area contributed by atoms with Crippen molar-refractivity contribution in [3.05, 3.63) is 24.3 Å². The second kappa shape index (κ2) is 5.88. The first kappa shape index (κ1) is 14.3. The molecule has 0 radical (unpaired) electrons. The summed E-state index contributed by atoms with van der Waals surface area (Å²) in [4.78, 5) is 12.6. The van der Waals surface area contributed by atoms with Crippen molar-refractivity contribution in [1.29, 1.82) is 0 Å². The molecule has 1 aliphatic carbocycles. The summed E-state index contributed by atoms with van der Waals surface area (Å²) in [6.07, 6.45) is 2.51. The molecule has 0 bridgehead atoms. The fourth-order valence-electron chi connectivity index (χ4n) is 2.15. The monoisotopic (exact) mass is 286 g/mol. The Labute approximate surface area is 114 Å². The topological polar surface area (TPSA) is 55.1 Å². The third-order valence-electron chi connectivity index (χ3n) is 3.53. The number of alkyl halides is 2. The van der Waals surface area contributed by atoms with Crippen LogP contribution in [0.4, 0.5) is 14.5 Å². The maximum atomic E-state index is 12.4. The van der Waals surface area contributed by atoms with Crippen molar-refractivity contribution in [2.24, 2.45) is 11.1 Å². The number of amides is 1. The average molecular weight is 286 g/mol. The van der Waals surface area contributed by atoms with Crippen LogP contribution in [0.15, 0.2) is 29.2 Å². The Morgan fingerprint density at radius 2 is 2.11 bits per heavy atom.